The summed E-state index contributed by atoms with van der Waals surface area (Å²) in [5.74, 6) is -1.02. The van der Waals surface area contributed by atoms with Crippen molar-refractivity contribution in [1.82, 2.24) is 0 Å². The van der Waals surface area contributed by atoms with E-state index in [0.717, 1.165) is 8.95 Å². The molecule has 0 aliphatic heterocycles. The number of hydrogen-bond acceptors (Lipinski definition) is 4. The fourth-order valence-corrected chi connectivity index (χ4v) is 2.79. The molecule has 7 heteroatoms. The second-order valence-corrected chi connectivity index (χ2v) is 6.36. The molecule has 0 bridgehead atoms. The summed E-state index contributed by atoms with van der Waals surface area (Å²) < 4.78 is 11.9. The maximum atomic E-state index is 11.9. The molecule has 0 fully saturated rings. The molecule has 0 atom stereocenters. The zero-order valence-electron chi connectivity index (χ0n) is 10.5. The Labute approximate surface area is 141 Å². The molecule has 1 rings (SSSR count). The van der Waals surface area contributed by atoms with Gasteiger partial charge in [-0.2, -0.15) is 0 Å². The summed E-state index contributed by atoms with van der Waals surface area (Å²) in [5.41, 5.74) is 0.674. The summed E-state index contributed by atoms with van der Waals surface area (Å²) in [6, 6.07) is 3.44. The van der Waals surface area contributed by atoms with E-state index < -0.39 is 11.9 Å². The minimum Gasteiger partial charge on any atom is -0.459 e. The van der Waals surface area contributed by atoms with Crippen LogP contribution in [0.4, 0.5) is 0 Å². The summed E-state index contributed by atoms with van der Waals surface area (Å²) in [7, 11) is 0. The van der Waals surface area contributed by atoms with Crippen molar-refractivity contribution >= 4 is 59.7 Å². The molecular weight excluding hydrogens is 460 g/mol. The van der Waals surface area contributed by atoms with Gasteiger partial charge in [0.1, 0.15) is 13.2 Å². The van der Waals surface area contributed by atoms with Gasteiger partial charge in [-0.3, -0.25) is 0 Å². The lowest BCUT2D eigenvalue weighted by Gasteiger charge is -2.09. The highest BCUT2D eigenvalue weighted by Gasteiger charge is 2.15. The van der Waals surface area contributed by atoms with E-state index in [1.54, 1.807) is 19.1 Å². The molecular formula is C13H11Br3O4. The highest BCUT2D eigenvalue weighted by atomic mass is 79.9. The zero-order valence-corrected chi connectivity index (χ0v) is 15.3. The van der Waals surface area contributed by atoms with Crippen molar-refractivity contribution < 1.29 is 19.1 Å². The van der Waals surface area contributed by atoms with Crippen molar-refractivity contribution in [3.05, 3.63) is 43.3 Å². The van der Waals surface area contributed by atoms with Crippen LogP contribution in [0.2, 0.25) is 0 Å². The first-order valence-corrected chi connectivity index (χ1v) is 7.85. The predicted molar refractivity (Wildman–Crippen MR) is 85.6 cm³/mol. The molecule has 0 spiro atoms. The minimum absolute atomic E-state index is 0.00970. The summed E-state index contributed by atoms with van der Waals surface area (Å²) >= 11 is 9.91. The molecule has 1 aromatic carbocycles. The van der Waals surface area contributed by atoms with Gasteiger partial charge < -0.3 is 9.47 Å². The number of esters is 2. The fourth-order valence-electron chi connectivity index (χ4n) is 1.17. The van der Waals surface area contributed by atoms with Crippen LogP contribution in [0.25, 0.3) is 0 Å². The Kier molecular flexibility index (Phi) is 6.91. The molecule has 0 unspecified atom stereocenters. The number of benzene rings is 1. The number of carbonyl (C=O) groups excluding carboxylic acids is 2. The minimum atomic E-state index is -0.509. The average Bonchev–Trinajstić information content (AvgIpc) is 2.38. The Morgan fingerprint density at radius 2 is 1.75 bits per heavy atom. The van der Waals surface area contributed by atoms with E-state index in [1.165, 1.54) is 0 Å². The summed E-state index contributed by atoms with van der Waals surface area (Å²) in [5, 5.41) is 0. The van der Waals surface area contributed by atoms with Crippen LogP contribution in [-0.4, -0.2) is 25.2 Å². The molecule has 4 nitrogen and oxygen atoms in total. The van der Waals surface area contributed by atoms with E-state index >= 15 is 0 Å². The van der Waals surface area contributed by atoms with Crippen LogP contribution in [0.1, 0.15) is 17.3 Å². The van der Waals surface area contributed by atoms with E-state index in [9.17, 15) is 9.59 Å². The Morgan fingerprint density at radius 1 is 1.15 bits per heavy atom. The van der Waals surface area contributed by atoms with E-state index in [-0.39, 0.29) is 13.2 Å². The van der Waals surface area contributed by atoms with Crippen molar-refractivity contribution in [1.29, 1.82) is 0 Å². The van der Waals surface area contributed by atoms with Gasteiger partial charge in [0, 0.05) is 19.0 Å². The molecule has 0 heterocycles. The van der Waals surface area contributed by atoms with Crippen LogP contribution < -0.4 is 0 Å². The monoisotopic (exact) mass is 468 g/mol. The van der Waals surface area contributed by atoms with Crippen molar-refractivity contribution in [3.63, 3.8) is 0 Å². The molecule has 0 saturated heterocycles. The predicted octanol–water partition coefficient (Wildman–Crippen LogP) is 4.25. The van der Waals surface area contributed by atoms with Gasteiger partial charge in [-0.25, -0.2) is 9.59 Å². The second kappa shape index (κ2) is 7.95. The maximum absolute atomic E-state index is 11.9. The smallest absolute Gasteiger partial charge is 0.339 e. The lowest BCUT2D eigenvalue weighted by molar-refractivity contribution is -0.140. The number of ether oxygens (including phenoxy) is 2. The van der Waals surface area contributed by atoms with Gasteiger partial charge in [0.25, 0.3) is 0 Å². The SMILES string of the molecule is C=C(C)C(=O)OCCOC(=O)c1cc(Br)cc(Br)c1Br. The van der Waals surface area contributed by atoms with Gasteiger partial charge in [0.15, 0.2) is 0 Å². The largest absolute Gasteiger partial charge is 0.459 e. The standard InChI is InChI=1S/C13H11Br3O4/c1-7(2)12(17)19-3-4-20-13(18)9-5-8(14)6-10(15)11(9)16/h5-6H,1,3-4H2,2H3. The number of halogens is 3. The van der Waals surface area contributed by atoms with Crippen LogP contribution in [0.15, 0.2) is 37.7 Å². The molecule has 0 N–H and O–H groups in total. The normalized spacial score (nSPS) is 10.0. The van der Waals surface area contributed by atoms with Crippen molar-refractivity contribution in [2.75, 3.05) is 13.2 Å². The second-order valence-electron chi connectivity index (χ2n) is 3.80. The van der Waals surface area contributed by atoms with Gasteiger partial charge in [-0.1, -0.05) is 22.5 Å². The van der Waals surface area contributed by atoms with E-state index in [0.29, 0.717) is 15.6 Å². The van der Waals surface area contributed by atoms with Gasteiger partial charge in [0.05, 0.1) is 5.56 Å². The van der Waals surface area contributed by atoms with E-state index in [4.69, 9.17) is 9.47 Å². The van der Waals surface area contributed by atoms with Gasteiger partial charge in [0.2, 0.25) is 0 Å². The Morgan fingerprint density at radius 3 is 2.35 bits per heavy atom. The van der Waals surface area contributed by atoms with Gasteiger partial charge in [-0.05, 0) is 50.9 Å². The first-order valence-electron chi connectivity index (χ1n) is 5.47. The van der Waals surface area contributed by atoms with E-state index in [2.05, 4.69) is 54.4 Å². The third-order valence-electron chi connectivity index (χ3n) is 2.11. The van der Waals surface area contributed by atoms with Crippen LogP contribution in [0, 0.1) is 0 Å². The van der Waals surface area contributed by atoms with Crippen LogP contribution in [-0.2, 0) is 14.3 Å². The van der Waals surface area contributed by atoms with Crippen molar-refractivity contribution in [3.8, 4) is 0 Å². The summed E-state index contributed by atoms with van der Waals surface area (Å²) in [4.78, 5) is 23.0. The summed E-state index contributed by atoms with van der Waals surface area (Å²) in [6.07, 6.45) is 0. The third-order valence-corrected chi connectivity index (χ3v) is 4.58. The Hall–Kier alpha value is -0.660. The topological polar surface area (TPSA) is 52.6 Å². The average molecular weight is 471 g/mol. The van der Waals surface area contributed by atoms with Crippen LogP contribution >= 0.6 is 47.8 Å². The lowest BCUT2D eigenvalue weighted by Crippen LogP contribution is -2.14. The van der Waals surface area contributed by atoms with Gasteiger partial charge in [-0.15, -0.1) is 0 Å². The molecule has 20 heavy (non-hydrogen) atoms. The molecule has 1 aromatic rings. The van der Waals surface area contributed by atoms with Crippen LogP contribution in [0.5, 0.6) is 0 Å². The zero-order chi connectivity index (χ0) is 15.3. The summed E-state index contributed by atoms with van der Waals surface area (Å²) in [6.45, 7) is 4.97. The highest BCUT2D eigenvalue weighted by Crippen LogP contribution is 2.31. The third kappa shape index (κ3) is 5.03. The number of carbonyl (C=O) groups is 2. The molecule has 0 aromatic heterocycles. The van der Waals surface area contributed by atoms with E-state index in [1.807, 2.05) is 0 Å². The Bertz CT molecular complexity index is 555. The number of rotatable bonds is 5. The maximum Gasteiger partial charge on any atom is 0.339 e. The Balaban J connectivity index is 2.56. The van der Waals surface area contributed by atoms with Crippen LogP contribution in [0.3, 0.4) is 0 Å². The molecule has 0 aliphatic carbocycles. The molecule has 0 amide bonds. The van der Waals surface area contributed by atoms with Crippen molar-refractivity contribution in [2.24, 2.45) is 0 Å². The fraction of sp³-hybridized carbons (Fsp3) is 0.231. The molecule has 108 valence electrons. The molecule has 0 saturated carbocycles. The molecule has 0 radical (unpaired) electrons. The number of hydrogen-bond donors (Lipinski definition) is 0. The van der Waals surface area contributed by atoms with Gasteiger partial charge >= 0.3 is 11.9 Å². The molecule has 0 aliphatic rings. The first-order chi connectivity index (χ1) is 9.32. The van der Waals surface area contributed by atoms with Crippen molar-refractivity contribution in [2.45, 2.75) is 6.92 Å². The lowest BCUT2D eigenvalue weighted by atomic mass is 10.2. The first kappa shape index (κ1) is 17.4. The quantitative estimate of drug-likeness (QED) is 0.279. The highest BCUT2D eigenvalue weighted by molar-refractivity contribution is 9.13.